The fraction of sp³-hybridized carbons (Fsp3) is 0.0588. The standard InChI is InChI=1S/C17H10F4N4O/c18-13-12(14(19)16(21)17(26)15(13)20)8-25(24-6-5-23-9-24)11-3-1-10(7-22)2-4-11/h1-6,9,26H,8H2. The number of phenolic OH excluding ortho intramolecular Hbond substituents is 1. The lowest BCUT2D eigenvalue weighted by atomic mass is 10.1. The van der Waals surface area contributed by atoms with Crippen LogP contribution < -0.4 is 5.01 Å². The normalized spacial score (nSPS) is 10.6. The second-order valence-electron chi connectivity index (χ2n) is 5.24. The van der Waals surface area contributed by atoms with E-state index < -0.39 is 41.1 Å². The van der Waals surface area contributed by atoms with Gasteiger partial charge in [-0.25, -0.2) is 18.4 Å². The summed E-state index contributed by atoms with van der Waals surface area (Å²) in [6, 6.07) is 7.89. The third-order valence-corrected chi connectivity index (χ3v) is 3.70. The van der Waals surface area contributed by atoms with E-state index in [1.165, 1.54) is 52.7 Å². The first-order valence-corrected chi connectivity index (χ1v) is 7.23. The number of hydrogen-bond acceptors (Lipinski definition) is 4. The first-order chi connectivity index (χ1) is 12.4. The van der Waals surface area contributed by atoms with Crippen LogP contribution in [0.2, 0.25) is 0 Å². The van der Waals surface area contributed by atoms with Gasteiger partial charge in [-0.2, -0.15) is 14.0 Å². The van der Waals surface area contributed by atoms with Crippen LogP contribution in [-0.2, 0) is 6.54 Å². The third-order valence-electron chi connectivity index (χ3n) is 3.70. The molecule has 0 aliphatic carbocycles. The average Bonchev–Trinajstić information content (AvgIpc) is 3.19. The Morgan fingerprint density at radius 3 is 2.15 bits per heavy atom. The molecule has 5 nitrogen and oxygen atoms in total. The number of aromatic hydroxyl groups is 1. The highest BCUT2D eigenvalue weighted by molar-refractivity contribution is 5.50. The third kappa shape index (κ3) is 2.93. The number of anilines is 1. The van der Waals surface area contributed by atoms with Crippen LogP contribution in [0.15, 0.2) is 43.0 Å². The quantitative estimate of drug-likeness (QED) is 0.570. The molecule has 1 heterocycles. The number of nitriles is 1. The number of nitrogens with zero attached hydrogens (tertiary/aromatic N) is 4. The number of benzene rings is 2. The van der Waals surface area contributed by atoms with Gasteiger partial charge in [-0.05, 0) is 24.3 Å². The molecule has 0 saturated carbocycles. The molecular weight excluding hydrogens is 352 g/mol. The number of imidazole rings is 1. The van der Waals surface area contributed by atoms with Gasteiger partial charge in [-0.3, -0.25) is 5.01 Å². The highest BCUT2D eigenvalue weighted by Gasteiger charge is 2.27. The first kappa shape index (κ1) is 17.3. The molecule has 0 saturated heterocycles. The van der Waals surface area contributed by atoms with Crippen LogP contribution in [0.25, 0.3) is 0 Å². The van der Waals surface area contributed by atoms with Gasteiger partial charge in [0.2, 0.25) is 11.6 Å². The predicted octanol–water partition coefficient (Wildman–Crippen LogP) is 3.49. The molecule has 0 atom stereocenters. The molecule has 0 aliphatic heterocycles. The molecule has 2 aromatic carbocycles. The highest BCUT2D eigenvalue weighted by Crippen LogP contribution is 2.30. The Hall–Kier alpha value is -3.54. The van der Waals surface area contributed by atoms with Gasteiger partial charge in [-0.15, -0.1) is 0 Å². The monoisotopic (exact) mass is 362 g/mol. The molecule has 3 aromatic rings. The molecule has 0 radical (unpaired) electrons. The highest BCUT2D eigenvalue weighted by atomic mass is 19.2. The number of hydrogen-bond donors (Lipinski definition) is 1. The summed E-state index contributed by atoms with van der Waals surface area (Å²) in [6.07, 6.45) is 4.18. The fourth-order valence-electron chi connectivity index (χ4n) is 2.36. The van der Waals surface area contributed by atoms with Crippen LogP contribution in [0.1, 0.15) is 11.1 Å². The van der Waals surface area contributed by atoms with E-state index in [0.29, 0.717) is 11.3 Å². The minimum atomic E-state index is -1.87. The fourth-order valence-corrected chi connectivity index (χ4v) is 2.36. The van der Waals surface area contributed by atoms with Gasteiger partial charge in [0, 0.05) is 12.4 Å². The Morgan fingerprint density at radius 1 is 1.04 bits per heavy atom. The molecule has 0 spiro atoms. The predicted molar refractivity (Wildman–Crippen MR) is 82.9 cm³/mol. The molecule has 0 bridgehead atoms. The summed E-state index contributed by atoms with van der Waals surface area (Å²) in [5.74, 6) is -8.84. The molecule has 132 valence electrons. The van der Waals surface area contributed by atoms with Crippen LogP contribution in [0.3, 0.4) is 0 Å². The Balaban J connectivity index is 2.09. The van der Waals surface area contributed by atoms with E-state index in [1.54, 1.807) is 0 Å². The largest absolute Gasteiger partial charge is 0.503 e. The number of phenols is 1. The van der Waals surface area contributed by atoms with Crippen LogP contribution >= 0.6 is 0 Å². The summed E-state index contributed by atoms with van der Waals surface area (Å²) >= 11 is 0. The summed E-state index contributed by atoms with van der Waals surface area (Å²) in [7, 11) is 0. The van der Waals surface area contributed by atoms with E-state index in [2.05, 4.69) is 4.98 Å². The van der Waals surface area contributed by atoms with Crippen molar-refractivity contribution in [2.45, 2.75) is 6.54 Å². The van der Waals surface area contributed by atoms with Crippen molar-refractivity contribution in [1.82, 2.24) is 9.66 Å². The molecule has 0 aliphatic rings. The van der Waals surface area contributed by atoms with Crippen molar-refractivity contribution >= 4 is 5.69 Å². The van der Waals surface area contributed by atoms with Gasteiger partial charge in [0.15, 0.2) is 17.4 Å². The average molecular weight is 362 g/mol. The maximum Gasteiger partial charge on any atom is 0.204 e. The van der Waals surface area contributed by atoms with Crippen molar-refractivity contribution < 1.29 is 22.7 Å². The first-order valence-electron chi connectivity index (χ1n) is 7.23. The minimum absolute atomic E-state index is 0.360. The molecule has 26 heavy (non-hydrogen) atoms. The van der Waals surface area contributed by atoms with Crippen LogP contribution in [0, 0.1) is 34.6 Å². The summed E-state index contributed by atoms with van der Waals surface area (Å²) in [5, 5.41) is 19.2. The SMILES string of the molecule is N#Cc1ccc(N(Cc2c(F)c(F)c(O)c(F)c2F)n2ccnc2)cc1. The van der Waals surface area contributed by atoms with Crippen molar-refractivity contribution in [3.63, 3.8) is 0 Å². The number of rotatable bonds is 4. The van der Waals surface area contributed by atoms with Crippen molar-refractivity contribution in [2.24, 2.45) is 0 Å². The Bertz CT molecular complexity index is 952. The molecule has 0 fully saturated rings. The zero-order chi connectivity index (χ0) is 18.8. The van der Waals surface area contributed by atoms with E-state index in [1.807, 2.05) is 6.07 Å². The van der Waals surface area contributed by atoms with Gasteiger partial charge < -0.3 is 5.11 Å². The van der Waals surface area contributed by atoms with Crippen LogP contribution in [0.4, 0.5) is 23.2 Å². The smallest absolute Gasteiger partial charge is 0.204 e. The lowest BCUT2D eigenvalue weighted by molar-refractivity contribution is 0.350. The van der Waals surface area contributed by atoms with Crippen molar-refractivity contribution in [3.8, 4) is 11.8 Å². The van der Waals surface area contributed by atoms with Crippen molar-refractivity contribution in [2.75, 3.05) is 5.01 Å². The molecule has 9 heteroatoms. The Kier molecular flexibility index (Phi) is 4.49. The topological polar surface area (TPSA) is 65.1 Å². The maximum atomic E-state index is 14.1. The lowest BCUT2D eigenvalue weighted by Gasteiger charge is -2.26. The summed E-state index contributed by atoms with van der Waals surface area (Å²) in [6.45, 7) is -0.603. The van der Waals surface area contributed by atoms with E-state index in [4.69, 9.17) is 10.4 Å². The van der Waals surface area contributed by atoms with E-state index in [-0.39, 0.29) is 0 Å². The van der Waals surface area contributed by atoms with E-state index >= 15 is 0 Å². The maximum absolute atomic E-state index is 14.1. The molecule has 1 N–H and O–H groups in total. The van der Waals surface area contributed by atoms with E-state index in [9.17, 15) is 17.6 Å². The summed E-state index contributed by atoms with van der Waals surface area (Å²) in [5.41, 5.74) is -0.163. The minimum Gasteiger partial charge on any atom is -0.503 e. The second kappa shape index (κ2) is 6.76. The molecule has 0 amide bonds. The summed E-state index contributed by atoms with van der Waals surface area (Å²) < 4.78 is 56.8. The summed E-state index contributed by atoms with van der Waals surface area (Å²) in [4.78, 5) is 3.83. The molecule has 0 unspecified atom stereocenters. The van der Waals surface area contributed by atoms with Crippen LogP contribution in [0.5, 0.6) is 5.75 Å². The van der Waals surface area contributed by atoms with Gasteiger partial charge >= 0.3 is 0 Å². The van der Waals surface area contributed by atoms with Gasteiger partial charge in [0.1, 0.15) is 6.33 Å². The Labute approximate surface area is 144 Å². The Morgan fingerprint density at radius 2 is 1.65 bits per heavy atom. The zero-order valence-corrected chi connectivity index (χ0v) is 13.0. The molecule has 1 aromatic heterocycles. The van der Waals surface area contributed by atoms with Gasteiger partial charge in [0.05, 0.1) is 29.4 Å². The second-order valence-corrected chi connectivity index (χ2v) is 5.24. The van der Waals surface area contributed by atoms with E-state index in [0.717, 1.165) is 0 Å². The van der Waals surface area contributed by atoms with Crippen molar-refractivity contribution in [3.05, 3.63) is 77.4 Å². The molecule has 3 rings (SSSR count). The zero-order valence-electron chi connectivity index (χ0n) is 13.0. The molecular formula is C17H10F4N4O. The van der Waals surface area contributed by atoms with Gasteiger partial charge in [0.25, 0.3) is 0 Å². The lowest BCUT2D eigenvalue weighted by Crippen LogP contribution is -2.29. The van der Waals surface area contributed by atoms with Crippen molar-refractivity contribution in [1.29, 1.82) is 5.26 Å². The number of halogens is 4. The van der Waals surface area contributed by atoms with Gasteiger partial charge in [-0.1, -0.05) is 0 Å². The number of aromatic nitrogens is 2. The van der Waals surface area contributed by atoms with Crippen LogP contribution in [-0.4, -0.2) is 14.8 Å².